The van der Waals surface area contributed by atoms with Gasteiger partial charge in [0, 0.05) is 34.3 Å². The molecule has 0 aliphatic rings. The van der Waals surface area contributed by atoms with Gasteiger partial charge in [-0.15, -0.1) is 0 Å². The van der Waals surface area contributed by atoms with Crippen molar-refractivity contribution in [1.82, 2.24) is 14.8 Å². The van der Waals surface area contributed by atoms with Gasteiger partial charge in [0.05, 0.1) is 11.4 Å². The summed E-state index contributed by atoms with van der Waals surface area (Å²) >= 11 is 6.77. The van der Waals surface area contributed by atoms with Gasteiger partial charge < -0.3 is 5.11 Å². The number of aliphatic hydroxyl groups excluding tert-OH is 1. The molecule has 2 heterocycles. The molecule has 0 fully saturated rings. The van der Waals surface area contributed by atoms with Gasteiger partial charge in [0.2, 0.25) is 0 Å². The third-order valence-electron chi connectivity index (χ3n) is 2.94. The van der Waals surface area contributed by atoms with E-state index in [1.165, 1.54) is 0 Å². The Morgan fingerprint density at radius 1 is 1.37 bits per heavy atom. The highest BCUT2D eigenvalue weighted by Gasteiger charge is 2.16. The molecule has 1 unspecified atom stereocenters. The van der Waals surface area contributed by atoms with Gasteiger partial charge >= 0.3 is 0 Å². The first-order valence-corrected chi connectivity index (χ1v) is 7.60. The van der Waals surface area contributed by atoms with Crippen molar-refractivity contribution in [3.8, 4) is 0 Å². The predicted octanol–water partition coefficient (Wildman–Crippen LogP) is 3.18. The highest BCUT2D eigenvalue weighted by molar-refractivity contribution is 9.11. The van der Waals surface area contributed by atoms with Crippen LogP contribution >= 0.6 is 31.9 Å². The van der Waals surface area contributed by atoms with Crippen LogP contribution in [0, 0.1) is 0 Å². The molecule has 102 valence electrons. The Hall–Kier alpha value is -0.720. The quantitative estimate of drug-likeness (QED) is 0.874. The molecule has 19 heavy (non-hydrogen) atoms. The van der Waals surface area contributed by atoms with E-state index in [4.69, 9.17) is 0 Å². The van der Waals surface area contributed by atoms with Crippen LogP contribution in [0.25, 0.3) is 0 Å². The fourth-order valence-corrected chi connectivity index (χ4v) is 3.15. The van der Waals surface area contributed by atoms with Crippen molar-refractivity contribution in [3.05, 3.63) is 44.4 Å². The highest BCUT2D eigenvalue weighted by atomic mass is 79.9. The van der Waals surface area contributed by atoms with Gasteiger partial charge in [0.1, 0.15) is 6.10 Å². The number of pyridine rings is 1. The first-order chi connectivity index (χ1) is 9.01. The largest absolute Gasteiger partial charge is 0.386 e. The van der Waals surface area contributed by atoms with Crippen molar-refractivity contribution < 1.29 is 5.11 Å². The van der Waals surface area contributed by atoms with E-state index < -0.39 is 6.10 Å². The molecule has 0 radical (unpaired) electrons. The number of aliphatic hydroxyl groups is 1. The second-order valence-electron chi connectivity index (χ2n) is 4.34. The van der Waals surface area contributed by atoms with Gasteiger partial charge in [-0.1, -0.05) is 6.92 Å². The van der Waals surface area contributed by atoms with Crippen molar-refractivity contribution in [2.45, 2.75) is 25.9 Å². The lowest BCUT2D eigenvalue weighted by molar-refractivity contribution is 0.170. The van der Waals surface area contributed by atoms with Gasteiger partial charge in [0.15, 0.2) is 0 Å². The Kier molecular flexibility index (Phi) is 4.76. The summed E-state index contributed by atoms with van der Waals surface area (Å²) in [5.41, 5.74) is 2.68. The summed E-state index contributed by atoms with van der Waals surface area (Å²) in [6, 6.07) is 3.91. The third-order valence-corrected chi connectivity index (χ3v) is 4.01. The minimum Gasteiger partial charge on any atom is -0.386 e. The second-order valence-corrected chi connectivity index (χ2v) is 6.11. The van der Waals surface area contributed by atoms with Crippen LogP contribution in [0.3, 0.4) is 0 Å². The minimum absolute atomic E-state index is 0.497. The van der Waals surface area contributed by atoms with Crippen LogP contribution in [0.4, 0.5) is 0 Å². The van der Waals surface area contributed by atoms with Crippen molar-refractivity contribution in [2.75, 3.05) is 0 Å². The smallest absolute Gasteiger partial charge is 0.103 e. The standard InChI is InChI=1S/C13H15Br2N3O/c1-3-9-5-10(18(2)17-9)6-12(19)13-11(15)4-8(14)7-16-13/h4-5,7,12,19H,3,6H2,1-2H3. The minimum atomic E-state index is -0.650. The molecule has 0 spiro atoms. The topological polar surface area (TPSA) is 50.9 Å². The summed E-state index contributed by atoms with van der Waals surface area (Å²) in [5.74, 6) is 0. The Balaban J connectivity index is 2.20. The number of hydrogen-bond acceptors (Lipinski definition) is 3. The molecular formula is C13H15Br2N3O. The number of halogens is 2. The van der Waals surface area contributed by atoms with E-state index >= 15 is 0 Å². The predicted molar refractivity (Wildman–Crippen MR) is 80.9 cm³/mol. The second kappa shape index (κ2) is 6.15. The van der Waals surface area contributed by atoms with Crippen molar-refractivity contribution in [2.24, 2.45) is 7.05 Å². The maximum Gasteiger partial charge on any atom is 0.103 e. The number of aryl methyl sites for hydroxylation is 2. The fraction of sp³-hybridized carbons (Fsp3) is 0.385. The van der Waals surface area contributed by atoms with E-state index in [9.17, 15) is 5.11 Å². The fourth-order valence-electron chi connectivity index (χ4n) is 1.90. The average Bonchev–Trinajstić information content (AvgIpc) is 2.70. The van der Waals surface area contributed by atoms with Gasteiger partial charge in [-0.05, 0) is 50.4 Å². The van der Waals surface area contributed by atoms with Crippen molar-refractivity contribution in [3.63, 3.8) is 0 Å². The summed E-state index contributed by atoms with van der Waals surface area (Å²) < 4.78 is 3.49. The van der Waals surface area contributed by atoms with Crippen LogP contribution in [-0.4, -0.2) is 19.9 Å². The zero-order valence-electron chi connectivity index (χ0n) is 10.8. The molecule has 0 saturated carbocycles. The van der Waals surface area contributed by atoms with E-state index in [1.54, 1.807) is 6.20 Å². The van der Waals surface area contributed by atoms with Gasteiger partial charge in [-0.25, -0.2) is 0 Å². The zero-order valence-corrected chi connectivity index (χ0v) is 13.9. The van der Waals surface area contributed by atoms with Crippen LogP contribution in [-0.2, 0) is 19.9 Å². The normalized spacial score (nSPS) is 12.7. The van der Waals surface area contributed by atoms with E-state index in [0.29, 0.717) is 12.1 Å². The molecule has 1 atom stereocenters. The number of rotatable bonds is 4. The Morgan fingerprint density at radius 2 is 2.11 bits per heavy atom. The van der Waals surface area contributed by atoms with Gasteiger partial charge in [0.25, 0.3) is 0 Å². The molecule has 1 N–H and O–H groups in total. The lowest BCUT2D eigenvalue weighted by atomic mass is 10.1. The zero-order chi connectivity index (χ0) is 14.0. The Labute approximate surface area is 129 Å². The summed E-state index contributed by atoms with van der Waals surface area (Å²) in [6.45, 7) is 2.06. The van der Waals surface area contributed by atoms with Crippen molar-refractivity contribution in [1.29, 1.82) is 0 Å². The third kappa shape index (κ3) is 3.43. The van der Waals surface area contributed by atoms with Crippen LogP contribution in [0.2, 0.25) is 0 Å². The molecule has 2 rings (SSSR count). The molecule has 0 aliphatic carbocycles. The maximum absolute atomic E-state index is 10.3. The SMILES string of the molecule is CCc1cc(CC(O)c2ncc(Br)cc2Br)n(C)n1. The molecule has 0 amide bonds. The molecule has 0 bridgehead atoms. The van der Waals surface area contributed by atoms with E-state index in [-0.39, 0.29) is 0 Å². The molecule has 6 heteroatoms. The van der Waals surface area contributed by atoms with Crippen LogP contribution in [0.1, 0.15) is 30.1 Å². The van der Waals surface area contributed by atoms with Gasteiger partial charge in [-0.3, -0.25) is 9.67 Å². The van der Waals surface area contributed by atoms with Crippen LogP contribution in [0.5, 0.6) is 0 Å². The molecule has 0 saturated heterocycles. The molecule has 4 nitrogen and oxygen atoms in total. The average molecular weight is 389 g/mol. The summed E-state index contributed by atoms with van der Waals surface area (Å²) in [7, 11) is 1.89. The lowest BCUT2D eigenvalue weighted by Crippen LogP contribution is -2.08. The number of nitrogens with zero attached hydrogens (tertiary/aromatic N) is 3. The summed E-state index contributed by atoms with van der Waals surface area (Å²) in [5, 5.41) is 14.7. The Bertz CT molecular complexity index is 583. The van der Waals surface area contributed by atoms with Crippen LogP contribution < -0.4 is 0 Å². The molecule has 0 aliphatic heterocycles. The molecule has 2 aromatic rings. The molecule has 2 aromatic heterocycles. The highest BCUT2D eigenvalue weighted by Crippen LogP contribution is 2.26. The Morgan fingerprint density at radius 3 is 2.68 bits per heavy atom. The maximum atomic E-state index is 10.3. The van der Waals surface area contributed by atoms with E-state index in [0.717, 1.165) is 26.8 Å². The lowest BCUT2D eigenvalue weighted by Gasteiger charge is -2.12. The van der Waals surface area contributed by atoms with Gasteiger partial charge in [-0.2, -0.15) is 5.10 Å². The monoisotopic (exact) mass is 387 g/mol. The first kappa shape index (κ1) is 14.7. The van der Waals surface area contributed by atoms with Crippen LogP contribution in [0.15, 0.2) is 27.3 Å². The summed E-state index contributed by atoms with van der Waals surface area (Å²) in [4.78, 5) is 4.26. The molecular weight excluding hydrogens is 374 g/mol. The first-order valence-electron chi connectivity index (χ1n) is 6.02. The van der Waals surface area contributed by atoms with E-state index in [1.807, 2.05) is 23.9 Å². The summed E-state index contributed by atoms with van der Waals surface area (Å²) in [6.07, 6.45) is 2.42. The number of aromatic nitrogens is 3. The van der Waals surface area contributed by atoms with Crippen molar-refractivity contribution >= 4 is 31.9 Å². The van der Waals surface area contributed by atoms with E-state index in [2.05, 4.69) is 48.9 Å². The number of hydrogen-bond donors (Lipinski definition) is 1. The molecule has 0 aromatic carbocycles.